The van der Waals surface area contributed by atoms with Gasteiger partial charge in [-0.05, 0) is 0 Å². The van der Waals surface area contributed by atoms with Crippen molar-refractivity contribution in [2.45, 2.75) is 5.54 Å². The molecule has 1 unspecified atom stereocenters. The second-order valence-electron chi connectivity index (χ2n) is 2.55. The molecule has 80 valence electrons. The van der Waals surface area contributed by atoms with Gasteiger partial charge >= 0.3 is 5.97 Å². The SMILES string of the molecule is N#CC1(C(=O)O)NC(Cl)=C(Cl)C(Cl)=C1Cl. The number of carbonyl (C=O) groups is 1. The molecular weight excluding hydrogens is 286 g/mol. The van der Waals surface area contributed by atoms with Crippen LogP contribution in [-0.2, 0) is 4.79 Å². The van der Waals surface area contributed by atoms with Gasteiger partial charge in [0.15, 0.2) is 0 Å². The average molecular weight is 288 g/mol. The Morgan fingerprint density at radius 1 is 1.33 bits per heavy atom. The lowest BCUT2D eigenvalue weighted by atomic mass is 9.99. The van der Waals surface area contributed by atoms with Crippen LogP contribution in [0.3, 0.4) is 0 Å². The summed E-state index contributed by atoms with van der Waals surface area (Å²) in [5.41, 5.74) is -2.19. The number of aliphatic carboxylic acids is 1. The summed E-state index contributed by atoms with van der Waals surface area (Å²) in [6.45, 7) is 0. The number of nitriles is 1. The maximum absolute atomic E-state index is 10.9. The number of nitrogens with one attached hydrogen (secondary N) is 1. The van der Waals surface area contributed by atoms with Crippen LogP contribution in [0, 0.1) is 11.3 Å². The molecule has 0 saturated heterocycles. The van der Waals surface area contributed by atoms with Crippen molar-refractivity contribution in [3.63, 3.8) is 0 Å². The van der Waals surface area contributed by atoms with Crippen molar-refractivity contribution < 1.29 is 9.90 Å². The van der Waals surface area contributed by atoms with Crippen molar-refractivity contribution in [2.75, 3.05) is 0 Å². The van der Waals surface area contributed by atoms with E-state index in [0.717, 1.165) is 0 Å². The Kier molecular flexibility index (Phi) is 3.41. The smallest absolute Gasteiger partial charge is 0.350 e. The van der Waals surface area contributed by atoms with Gasteiger partial charge < -0.3 is 10.4 Å². The van der Waals surface area contributed by atoms with Crippen LogP contribution in [0.5, 0.6) is 0 Å². The molecule has 15 heavy (non-hydrogen) atoms. The lowest BCUT2D eigenvalue weighted by molar-refractivity contribution is -0.140. The molecule has 0 aromatic rings. The molecule has 1 atom stereocenters. The van der Waals surface area contributed by atoms with E-state index < -0.39 is 16.5 Å². The molecule has 0 amide bonds. The van der Waals surface area contributed by atoms with Crippen LogP contribution in [0.25, 0.3) is 0 Å². The van der Waals surface area contributed by atoms with Gasteiger partial charge in [-0.15, -0.1) is 0 Å². The third-order valence-corrected chi connectivity index (χ3v) is 3.50. The van der Waals surface area contributed by atoms with E-state index in [0.29, 0.717) is 0 Å². The highest BCUT2D eigenvalue weighted by molar-refractivity contribution is 6.52. The van der Waals surface area contributed by atoms with E-state index in [2.05, 4.69) is 5.32 Å². The molecule has 4 nitrogen and oxygen atoms in total. The van der Waals surface area contributed by atoms with Gasteiger partial charge in [-0.2, -0.15) is 5.26 Å². The van der Waals surface area contributed by atoms with Crippen LogP contribution in [-0.4, -0.2) is 16.6 Å². The summed E-state index contributed by atoms with van der Waals surface area (Å²) < 4.78 is 0. The zero-order chi connectivity index (χ0) is 11.8. The average Bonchev–Trinajstić information content (AvgIpc) is 2.20. The molecule has 1 aliphatic heterocycles. The maximum Gasteiger partial charge on any atom is 0.350 e. The van der Waals surface area contributed by atoms with Gasteiger partial charge in [-0.3, -0.25) is 0 Å². The first-order valence-electron chi connectivity index (χ1n) is 3.41. The highest BCUT2D eigenvalue weighted by atomic mass is 35.5. The number of dihydropyridines is 1. The van der Waals surface area contributed by atoms with Crippen LogP contribution in [0.15, 0.2) is 20.3 Å². The first kappa shape index (κ1) is 12.5. The van der Waals surface area contributed by atoms with Crippen molar-refractivity contribution in [3.05, 3.63) is 20.3 Å². The lowest BCUT2D eigenvalue weighted by Gasteiger charge is -2.28. The number of hydrogen-bond acceptors (Lipinski definition) is 3. The zero-order valence-electron chi connectivity index (χ0n) is 6.81. The van der Waals surface area contributed by atoms with Gasteiger partial charge in [0.1, 0.15) is 11.2 Å². The summed E-state index contributed by atoms with van der Waals surface area (Å²) in [6.07, 6.45) is 0. The molecule has 1 aliphatic rings. The molecule has 0 aromatic heterocycles. The molecule has 2 N–H and O–H groups in total. The summed E-state index contributed by atoms with van der Waals surface area (Å²) in [5, 5.41) is 18.8. The van der Waals surface area contributed by atoms with Crippen LogP contribution < -0.4 is 5.32 Å². The minimum atomic E-state index is -2.19. The molecule has 0 fully saturated rings. The van der Waals surface area contributed by atoms with Crippen LogP contribution in [0.4, 0.5) is 0 Å². The van der Waals surface area contributed by atoms with E-state index in [1.54, 1.807) is 0 Å². The molecule has 0 saturated carbocycles. The Labute approximate surface area is 105 Å². The van der Waals surface area contributed by atoms with Crippen molar-refractivity contribution in [1.29, 1.82) is 5.26 Å². The zero-order valence-corrected chi connectivity index (χ0v) is 9.84. The number of hydrogen-bond donors (Lipinski definition) is 2. The van der Waals surface area contributed by atoms with Crippen LogP contribution in [0.2, 0.25) is 0 Å². The third-order valence-electron chi connectivity index (χ3n) is 1.69. The van der Waals surface area contributed by atoms with Crippen molar-refractivity contribution >= 4 is 52.4 Å². The second-order valence-corrected chi connectivity index (χ2v) is 4.06. The third kappa shape index (κ3) is 1.77. The Balaban J connectivity index is 3.44. The molecule has 0 aliphatic carbocycles. The number of carboxylic acid groups (broad SMARTS) is 1. The molecule has 1 heterocycles. The van der Waals surface area contributed by atoms with E-state index in [9.17, 15) is 4.79 Å². The van der Waals surface area contributed by atoms with Gasteiger partial charge in [-0.25, -0.2) is 4.79 Å². The predicted octanol–water partition coefficient (Wildman–Crippen LogP) is 2.27. The van der Waals surface area contributed by atoms with E-state index in [1.165, 1.54) is 6.07 Å². The molecule has 1 rings (SSSR count). The van der Waals surface area contributed by atoms with E-state index in [1.807, 2.05) is 0 Å². The fourth-order valence-corrected chi connectivity index (χ4v) is 1.88. The lowest BCUT2D eigenvalue weighted by Crippen LogP contribution is -2.52. The van der Waals surface area contributed by atoms with Gasteiger partial charge in [0.2, 0.25) is 0 Å². The van der Waals surface area contributed by atoms with Gasteiger partial charge in [0.25, 0.3) is 5.54 Å². The Morgan fingerprint density at radius 2 is 1.87 bits per heavy atom. The fourth-order valence-electron chi connectivity index (χ4n) is 0.904. The van der Waals surface area contributed by atoms with Crippen molar-refractivity contribution in [2.24, 2.45) is 0 Å². The summed E-state index contributed by atoms with van der Waals surface area (Å²) in [6, 6.07) is 1.49. The first-order valence-corrected chi connectivity index (χ1v) is 4.92. The molecule has 0 aromatic carbocycles. The number of allylic oxidation sites excluding steroid dienone is 2. The number of nitrogens with zero attached hydrogens (tertiary/aromatic N) is 1. The Morgan fingerprint density at radius 3 is 2.27 bits per heavy atom. The fraction of sp³-hybridized carbons (Fsp3) is 0.143. The van der Waals surface area contributed by atoms with E-state index in [4.69, 9.17) is 56.8 Å². The topological polar surface area (TPSA) is 73.1 Å². The van der Waals surface area contributed by atoms with E-state index >= 15 is 0 Å². The predicted molar refractivity (Wildman–Crippen MR) is 56.6 cm³/mol. The summed E-state index contributed by atoms with van der Waals surface area (Å²) in [4.78, 5) is 10.9. The minimum absolute atomic E-state index is 0.129. The largest absolute Gasteiger partial charge is 0.478 e. The number of carboxylic acids is 1. The molecule has 0 spiro atoms. The number of halogens is 4. The molecule has 0 bridgehead atoms. The first-order chi connectivity index (χ1) is 6.86. The standard InChI is InChI=1S/C7H2Cl4N2O2/c8-2-3(9)5(11)13-7(1-12,4(2)10)6(14)15/h13H,(H,14,15). The van der Waals surface area contributed by atoms with Gasteiger partial charge in [0.05, 0.1) is 15.1 Å². The normalized spacial score (nSPS) is 26.1. The van der Waals surface area contributed by atoms with E-state index in [-0.39, 0.29) is 15.2 Å². The summed E-state index contributed by atoms with van der Waals surface area (Å²) in [5.74, 6) is -1.52. The molecule has 8 heteroatoms. The number of rotatable bonds is 1. The summed E-state index contributed by atoms with van der Waals surface area (Å²) >= 11 is 22.5. The van der Waals surface area contributed by atoms with Crippen LogP contribution in [0.1, 0.15) is 0 Å². The second kappa shape index (κ2) is 4.11. The molecular formula is C7H2Cl4N2O2. The quantitative estimate of drug-likeness (QED) is 0.726. The van der Waals surface area contributed by atoms with Gasteiger partial charge in [-0.1, -0.05) is 46.4 Å². The highest BCUT2D eigenvalue weighted by Gasteiger charge is 2.47. The summed E-state index contributed by atoms with van der Waals surface area (Å²) in [7, 11) is 0. The van der Waals surface area contributed by atoms with Crippen LogP contribution >= 0.6 is 46.4 Å². The monoisotopic (exact) mass is 286 g/mol. The molecule has 0 radical (unpaired) electrons. The van der Waals surface area contributed by atoms with Crippen molar-refractivity contribution in [1.82, 2.24) is 5.32 Å². The van der Waals surface area contributed by atoms with Gasteiger partial charge in [0, 0.05) is 0 Å². The highest BCUT2D eigenvalue weighted by Crippen LogP contribution is 2.39. The Hall–Kier alpha value is -0.600. The minimum Gasteiger partial charge on any atom is -0.478 e. The maximum atomic E-state index is 10.9. The Bertz CT molecular complexity index is 437. The van der Waals surface area contributed by atoms with Crippen molar-refractivity contribution in [3.8, 4) is 6.07 Å².